The zero-order valence-electron chi connectivity index (χ0n) is 23.2. The summed E-state index contributed by atoms with van der Waals surface area (Å²) in [6, 6.07) is 11.7. The van der Waals surface area contributed by atoms with Gasteiger partial charge in [-0.2, -0.15) is 10.2 Å². The molecule has 0 aliphatic rings. The highest BCUT2D eigenvalue weighted by atomic mass is 16.5. The fourth-order valence-electron chi connectivity index (χ4n) is 4.51. The third kappa shape index (κ3) is 6.29. The molecular weight excluding hydrogens is 570 g/mol. The summed E-state index contributed by atoms with van der Waals surface area (Å²) in [7, 11) is 1.40. The lowest BCUT2D eigenvalue weighted by atomic mass is 10.0. The summed E-state index contributed by atoms with van der Waals surface area (Å²) in [5.41, 5.74) is 7.68. The number of nitrogens with two attached hydrogens (primary N) is 1. The van der Waals surface area contributed by atoms with E-state index in [1.54, 1.807) is 30.3 Å². The molecule has 0 aliphatic carbocycles. The van der Waals surface area contributed by atoms with Crippen molar-refractivity contribution in [1.29, 1.82) is 5.26 Å². The number of ether oxygens (including phenoxy) is 1. The third-order valence-electron chi connectivity index (χ3n) is 6.73. The molecule has 1 amide bonds. The molecule has 7 N–H and O–H groups in total. The molecule has 2 aromatic carbocycles. The number of nitrogens with zero attached hydrogens (tertiary/aromatic N) is 4. The van der Waals surface area contributed by atoms with Gasteiger partial charge in [0.2, 0.25) is 5.95 Å². The molecule has 3 heterocycles. The first-order chi connectivity index (χ1) is 21.1. The Labute approximate surface area is 248 Å². The number of ketones is 1. The third-order valence-corrected chi connectivity index (χ3v) is 6.73. The number of carbonyl (C=O) groups is 3. The predicted molar refractivity (Wildman–Crippen MR) is 158 cm³/mol. The quantitative estimate of drug-likeness (QED) is 0.120. The molecule has 0 unspecified atom stereocenters. The van der Waals surface area contributed by atoms with E-state index in [1.807, 2.05) is 6.07 Å². The summed E-state index contributed by atoms with van der Waals surface area (Å²) >= 11 is 0. The van der Waals surface area contributed by atoms with E-state index >= 15 is 0 Å². The molecule has 15 nitrogen and oxygen atoms in total. The highest BCUT2D eigenvalue weighted by Gasteiger charge is 2.23. The summed E-state index contributed by atoms with van der Waals surface area (Å²) < 4.78 is 5.33. The van der Waals surface area contributed by atoms with E-state index in [0.717, 1.165) is 0 Å². The van der Waals surface area contributed by atoms with Gasteiger partial charge in [-0.15, -0.1) is 0 Å². The number of anilines is 2. The molecule has 0 spiro atoms. The zero-order valence-corrected chi connectivity index (χ0v) is 23.2. The number of carbonyl (C=O) groups excluding carboxylic acids is 2. The van der Waals surface area contributed by atoms with Crippen molar-refractivity contribution in [1.82, 2.24) is 30.2 Å². The molecule has 5 aromatic rings. The van der Waals surface area contributed by atoms with Crippen molar-refractivity contribution in [3.63, 3.8) is 0 Å². The van der Waals surface area contributed by atoms with Gasteiger partial charge in [0.15, 0.2) is 16.9 Å². The maximum Gasteiger partial charge on any atom is 0.326 e. The van der Waals surface area contributed by atoms with Crippen molar-refractivity contribution in [3.05, 3.63) is 81.5 Å². The number of aromatic nitrogens is 5. The van der Waals surface area contributed by atoms with Crippen LogP contribution in [0.25, 0.3) is 22.1 Å². The number of amides is 1. The standard InChI is InChI=1S/C29H25N9O6/c1-44-23-10-21-15(8-17(11-30)34-21)9-19(23)22(39)7-6-20(28(42)43)36-26(40)14-2-4-16(5-3-14)32-12-18-13-33-25-24(35-18)27(41)38-29(31)37-25/h2-5,8-10,13,20,32,34H,6-7,12H2,1H3,(H,36,40)(H,42,43)(H3,31,33,37,38,41)/t20-/m0/s1. The maximum atomic E-state index is 13.0. The van der Waals surface area contributed by atoms with Gasteiger partial charge < -0.3 is 31.2 Å². The second-order valence-corrected chi connectivity index (χ2v) is 9.68. The molecular formula is C29H25N9O6. The lowest BCUT2D eigenvalue weighted by Gasteiger charge is -2.15. The van der Waals surface area contributed by atoms with Gasteiger partial charge in [0, 0.05) is 29.1 Å². The van der Waals surface area contributed by atoms with Crippen molar-refractivity contribution >= 4 is 51.4 Å². The van der Waals surface area contributed by atoms with E-state index in [-0.39, 0.29) is 59.2 Å². The molecule has 1 atom stereocenters. The zero-order chi connectivity index (χ0) is 31.4. The summed E-state index contributed by atoms with van der Waals surface area (Å²) in [4.78, 5) is 67.4. The molecule has 15 heteroatoms. The monoisotopic (exact) mass is 595 g/mol. The largest absolute Gasteiger partial charge is 0.496 e. The van der Waals surface area contributed by atoms with Crippen molar-refractivity contribution in [3.8, 4) is 11.8 Å². The van der Waals surface area contributed by atoms with Crippen LogP contribution in [0.2, 0.25) is 0 Å². The number of benzene rings is 2. The molecule has 0 radical (unpaired) electrons. The first-order valence-corrected chi connectivity index (χ1v) is 13.2. The minimum absolute atomic E-state index is 0.0512. The van der Waals surface area contributed by atoms with Crippen LogP contribution in [-0.2, 0) is 11.3 Å². The summed E-state index contributed by atoms with van der Waals surface area (Å²) in [5.74, 6) is -2.07. The van der Waals surface area contributed by atoms with E-state index < -0.39 is 23.5 Å². The van der Waals surface area contributed by atoms with Crippen LogP contribution in [0.15, 0.2) is 53.5 Å². The van der Waals surface area contributed by atoms with Gasteiger partial charge in [-0.1, -0.05) is 0 Å². The number of carboxylic acids is 1. The Balaban J connectivity index is 1.19. The number of fused-ring (bicyclic) bond motifs is 2. The van der Waals surface area contributed by atoms with Crippen LogP contribution in [0.4, 0.5) is 11.6 Å². The van der Waals surface area contributed by atoms with Gasteiger partial charge in [-0.3, -0.25) is 19.4 Å². The van der Waals surface area contributed by atoms with Crippen LogP contribution in [0.1, 0.15) is 44.9 Å². The molecule has 0 saturated carbocycles. The number of aliphatic carboxylic acids is 1. The van der Waals surface area contributed by atoms with E-state index in [1.165, 1.54) is 25.4 Å². The molecule has 5 rings (SSSR count). The summed E-state index contributed by atoms with van der Waals surface area (Å²) in [6.07, 6.45) is 1.12. The van der Waals surface area contributed by atoms with Gasteiger partial charge in [0.1, 0.15) is 23.6 Å². The predicted octanol–water partition coefficient (Wildman–Crippen LogP) is 2.12. The lowest BCUT2D eigenvalue weighted by Crippen LogP contribution is -2.41. The van der Waals surface area contributed by atoms with Crippen LogP contribution < -0.4 is 26.7 Å². The van der Waals surface area contributed by atoms with Crippen molar-refractivity contribution in [2.75, 3.05) is 18.2 Å². The van der Waals surface area contributed by atoms with Gasteiger partial charge in [-0.05, 0) is 42.8 Å². The Morgan fingerprint density at radius 1 is 1.14 bits per heavy atom. The molecule has 222 valence electrons. The number of nitriles is 1. The second-order valence-electron chi connectivity index (χ2n) is 9.68. The number of methoxy groups -OCH3 is 1. The van der Waals surface area contributed by atoms with Gasteiger partial charge in [0.25, 0.3) is 11.5 Å². The number of nitrogens with one attached hydrogen (secondary N) is 4. The Bertz CT molecular complexity index is 2010. The fraction of sp³-hybridized carbons (Fsp3) is 0.172. The van der Waals surface area contributed by atoms with Crippen molar-refractivity contribution in [2.24, 2.45) is 0 Å². The number of nitrogen functional groups attached to an aromatic ring is 1. The Hall–Kier alpha value is -6.30. The van der Waals surface area contributed by atoms with Gasteiger partial charge >= 0.3 is 5.97 Å². The topological polar surface area (TPSA) is 242 Å². The van der Waals surface area contributed by atoms with Crippen LogP contribution in [-0.4, -0.2) is 60.8 Å². The van der Waals surface area contributed by atoms with Gasteiger partial charge in [-0.25, -0.2) is 14.8 Å². The number of hydrogen-bond donors (Lipinski definition) is 6. The van der Waals surface area contributed by atoms with Crippen molar-refractivity contribution < 1.29 is 24.2 Å². The molecule has 44 heavy (non-hydrogen) atoms. The summed E-state index contributed by atoms with van der Waals surface area (Å²) in [6.45, 7) is 0.217. The molecule has 0 bridgehead atoms. The normalized spacial score (nSPS) is 11.5. The highest BCUT2D eigenvalue weighted by Crippen LogP contribution is 2.28. The number of H-pyrrole nitrogens is 2. The molecule has 0 saturated heterocycles. The number of rotatable bonds is 11. The Morgan fingerprint density at radius 3 is 2.61 bits per heavy atom. The number of aromatic amines is 2. The number of hydrogen-bond acceptors (Lipinski definition) is 11. The first kappa shape index (κ1) is 29.2. The summed E-state index contributed by atoms with van der Waals surface area (Å²) in [5, 5.41) is 25.0. The van der Waals surface area contributed by atoms with Crippen LogP contribution in [0.3, 0.4) is 0 Å². The van der Waals surface area contributed by atoms with E-state index in [9.17, 15) is 24.3 Å². The van der Waals surface area contributed by atoms with Gasteiger partial charge in [0.05, 0.1) is 36.6 Å². The Morgan fingerprint density at radius 2 is 1.91 bits per heavy atom. The average Bonchev–Trinajstić information content (AvgIpc) is 3.43. The molecule has 0 aliphatic heterocycles. The molecule has 0 fully saturated rings. The fourth-order valence-corrected chi connectivity index (χ4v) is 4.51. The number of carboxylic acid groups (broad SMARTS) is 1. The average molecular weight is 596 g/mol. The molecule has 3 aromatic heterocycles. The Kier molecular flexibility index (Phi) is 8.15. The number of Topliss-reactive ketones (excluding diaryl/α,β-unsaturated/α-hetero) is 1. The van der Waals surface area contributed by atoms with Crippen LogP contribution in [0, 0.1) is 11.3 Å². The van der Waals surface area contributed by atoms with Crippen molar-refractivity contribution in [2.45, 2.75) is 25.4 Å². The van der Waals surface area contributed by atoms with E-state index in [2.05, 4.69) is 35.6 Å². The minimum Gasteiger partial charge on any atom is -0.496 e. The van der Waals surface area contributed by atoms with Crippen LogP contribution in [0.5, 0.6) is 5.75 Å². The second kappa shape index (κ2) is 12.3. The lowest BCUT2D eigenvalue weighted by molar-refractivity contribution is -0.139. The first-order valence-electron chi connectivity index (χ1n) is 13.2. The van der Waals surface area contributed by atoms with E-state index in [0.29, 0.717) is 28.0 Å². The van der Waals surface area contributed by atoms with Crippen LogP contribution >= 0.6 is 0 Å². The maximum absolute atomic E-state index is 13.0. The highest BCUT2D eigenvalue weighted by molar-refractivity contribution is 6.03. The minimum atomic E-state index is -1.32. The smallest absolute Gasteiger partial charge is 0.326 e. The van der Waals surface area contributed by atoms with E-state index in [4.69, 9.17) is 15.7 Å². The SMILES string of the molecule is COc1cc2[nH]c(C#N)cc2cc1C(=O)CC[C@H](NC(=O)c1ccc(NCc2cnc3nc(N)[nH]c(=O)c3n2)cc1)C(=O)O.